The van der Waals surface area contributed by atoms with E-state index in [-0.39, 0.29) is 0 Å². The summed E-state index contributed by atoms with van der Waals surface area (Å²) in [6, 6.07) is 0.628. The van der Waals surface area contributed by atoms with Crippen LogP contribution < -0.4 is 10.6 Å². The van der Waals surface area contributed by atoms with Crippen LogP contribution in [0.4, 0.5) is 5.82 Å². The van der Waals surface area contributed by atoms with Gasteiger partial charge in [-0.3, -0.25) is 9.88 Å². The molecular weight excluding hydrogens is 214 g/mol. The van der Waals surface area contributed by atoms with Crippen LogP contribution in [-0.4, -0.2) is 47.1 Å². The Balaban J connectivity index is 1.95. The van der Waals surface area contributed by atoms with Gasteiger partial charge < -0.3 is 10.6 Å². The highest BCUT2D eigenvalue weighted by atomic mass is 15.3. The van der Waals surface area contributed by atoms with Gasteiger partial charge in [-0.25, -0.2) is 4.98 Å². The summed E-state index contributed by atoms with van der Waals surface area (Å²) in [4.78, 5) is 13.5. The Labute approximate surface area is 103 Å². The highest BCUT2D eigenvalue weighted by Gasteiger charge is 2.19. The van der Waals surface area contributed by atoms with E-state index in [9.17, 15) is 0 Å². The van der Waals surface area contributed by atoms with Crippen LogP contribution >= 0.6 is 0 Å². The number of rotatable bonds is 3. The van der Waals surface area contributed by atoms with Crippen LogP contribution in [0.3, 0.4) is 0 Å². The average molecular weight is 235 g/mol. The molecular formula is C12H21N5. The van der Waals surface area contributed by atoms with Crippen LogP contribution in [0, 0.1) is 0 Å². The number of hydrogen-bond acceptors (Lipinski definition) is 5. The van der Waals surface area contributed by atoms with Gasteiger partial charge >= 0.3 is 0 Å². The third-order valence-corrected chi connectivity index (χ3v) is 3.27. The monoisotopic (exact) mass is 235 g/mol. The van der Waals surface area contributed by atoms with Crippen molar-refractivity contribution in [1.82, 2.24) is 14.9 Å². The minimum absolute atomic E-state index is 0.453. The Bertz CT molecular complexity index is 340. The third kappa shape index (κ3) is 2.92. The molecule has 0 amide bonds. The van der Waals surface area contributed by atoms with E-state index in [1.165, 1.54) is 0 Å². The van der Waals surface area contributed by atoms with Crippen LogP contribution in [0.1, 0.15) is 19.5 Å². The Morgan fingerprint density at radius 2 is 1.88 bits per heavy atom. The molecule has 2 rings (SSSR count). The average Bonchev–Trinajstić information content (AvgIpc) is 2.39. The summed E-state index contributed by atoms with van der Waals surface area (Å²) in [5.41, 5.74) is 6.35. The van der Waals surface area contributed by atoms with Gasteiger partial charge in [0.1, 0.15) is 5.82 Å². The summed E-state index contributed by atoms with van der Waals surface area (Å²) in [5.74, 6) is 0.964. The molecule has 0 radical (unpaired) electrons. The van der Waals surface area contributed by atoms with E-state index in [0.717, 1.165) is 37.7 Å². The zero-order valence-corrected chi connectivity index (χ0v) is 10.6. The first-order valence-corrected chi connectivity index (χ1v) is 6.20. The minimum atomic E-state index is 0.453. The van der Waals surface area contributed by atoms with E-state index >= 15 is 0 Å². The van der Waals surface area contributed by atoms with Crippen LogP contribution in [-0.2, 0) is 6.54 Å². The molecule has 2 heterocycles. The van der Waals surface area contributed by atoms with Crippen molar-refractivity contribution in [3.8, 4) is 0 Å². The summed E-state index contributed by atoms with van der Waals surface area (Å²) in [5, 5.41) is 0. The van der Waals surface area contributed by atoms with Crippen molar-refractivity contribution in [3.05, 3.63) is 18.1 Å². The van der Waals surface area contributed by atoms with Gasteiger partial charge in [-0.2, -0.15) is 0 Å². The lowest BCUT2D eigenvalue weighted by molar-refractivity contribution is 0.209. The van der Waals surface area contributed by atoms with Crippen molar-refractivity contribution < 1.29 is 0 Å². The van der Waals surface area contributed by atoms with E-state index in [2.05, 4.69) is 33.6 Å². The Hall–Kier alpha value is -1.20. The number of nitrogens with two attached hydrogens (primary N) is 1. The van der Waals surface area contributed by atoms with Gasteiger partial charge in [0.15, 0.2) is 0 Å². The number of aromatic nitrogens is 2. The van der Waals surface area contributed by atoms with Crippen LogP contribution in [0.15, 0.2) is 12.4 Å². The van der Waals surface area contributed by atoms with Gasteiger partial charge in [-0.1, -0.05) is 0 Å². The molecule has 94 valence electrons. The quantitative estimate of drug-likeness (QED) is 0.825. The van der Waals surface area contributed by atoms with Crippen LogP contribution in [0.2, 0.25) is 0 Å². The predicted molar refractivity (Wildman–Crippen MR) is 68.8 cm³/mol. The summed E-state index contributed by atoms with van der Waals surface area (Å²) < 4.78 is 0. The lowest BCUT2D eigenvalue weighted by atomic mass is 10.2. The fourth-order valence-electron chi connectivity index (χ4n) is 2.08. The van der Waals surface area contributed by atoms with E-state index in [1.807, 2.05) is 6.20 Å². The largest absolute Gasteiger partial charge is 0.353 e. The zero-order valence-electron chi connectivity index (χ0n) is 10.6. The van der Waals surface area contributed by atoms with Crippen molar-refractivity contribution >= 4 is 5.82 Å². The molecule has 5 nitrogen and oxygen atoms in total. The molecule has 1 fully saturated rings. The first kappa shape index (κ1) is 12.3. The molecule has 0 atom stereocenters. The van der Waals surface area contributed by atoms with E-state index in [0.29, 0.717) is 12.6 Å². The second-order valence-corrected chi connectivity index (χ2v) is 4.69. The third-order valence-electron chi connectivity index (χ3n) is 3.27. The van der Waals surface area contributed by atoms with Gasteiger partial charge in [0.25, 0.3) is 0 Å². The maximum absolute atomic E-state index is 5.51. The molecule has 1 saturated heterocycles. The molecule has 0 aliphatic carbocycles. The molecule has 0 bridgehead atoms. The topological polar surface area (TPSA) is 58.3 Å². The Kier molecular flexibility index (Phi) is 3.91. The van der Waals surface area contributed by atoms with Gasteiger partial charge in [0.05, 0.1) is 18.1 Å². The maximum Gasteiger partial charge on any atom is 0.147 e. The lowest BCUT2D eigenvalue weighted by Crippen LogP contribution is -2.49. The van der Waals surface area contributed by atoms with Crippen LogP contribution in [0.5, 0.6) is 0 Å². The Morgan fingerprint density at radius 1 is 1.18 bits per heavy atom. The smallest absolute Gasteiger partial charge is 0.147 e. The minimum Gasteiger partial charge on any atom is -0.353 e. The van der Waals surface area contributed by atoms with Crippen molar-refractivity contribution in [1.29, 1.82) is 0 Å². The highest BCUT2D eigenvalue weighted by Crippen LogP contribution is 2.13. The Morgan fingerprint density at radius 3 is 2.35 bits per heavy atom. The van der Waals surface area contributed by atoms with E-state index < -0.39 is 0 Å². The highest BCUT2D eigenvalue weighted by molar-refractivity contribution is 5.36. The van der Waals surface area contributed by atoms with Crippen molar-refractivity contribution in [2.75, 3.05) is 31.1 Å². The first-order valence-electron chi connectivity index (χ1n) is 6.20. The molecule has 1 aromatic rings. The van der Waals surface area contributed by atoms with E-state index in [4.69, 9.17) is 5.73 Å². The molecule has 0 aromatic carbocycles. The number of anilines is 1. The summed E-state index contributed by atoms with van der Waals surface area (Å²) in [7, 11) is 0. The molecule has 17 heavy (non-hydrogen) atoms. The molecule has 2 N–H and O–H groups in total. The predicted octanol–water partition coefficient (Wildman–Crippen LogP) is 0.466. The van der Waals surface area contributed by atoms with Gasteiger partial charge in [-0.15, -0.1) is 0 Å². The standard InChI is InChI=1S/C12H21N5/c1-10(2)16-3-5-17(6-4-16)12-9-14-11(7-13)8-15-12/h8-10H,3-7,13H2,1-2H3. The molecule has 0 saturated carbocycles. The number of piperazine rings is 1. The maximum atomic E-state index is 5.51. The summed E-state index contributed by atoms with van der Waals surface area (Å²) >= 11 is 0. The van der Waals surface area contributed by atoms with E-state index in [1.54, 1.807) is 6.20 Å². The summed E-state index contributed by atoms with van der Waals surface area (Å²) in [6.07, 6.45) is 3.59. The molecule has 0 spiro atoms. The summed E-state index contributed by atoms with van der Waals surface area (Å²) in [6.45, 7) is 9.17. The number of hydrogen-bond donors (Lipinski definition) is 1. The fourth-order valence-corrected chi connectivity index (χ4v) is 2.08. The molecule has 1 aliphatic heterocycles. The zero-order chi connectivity index (χ0) is 12.3. The second-order valence-electron chi connectivity index (χ2n) is 4.69. The SMILES string of the molecule is CC(C)N1CCN(c2cnc(CN)cn2)CC1. The van der Waals surface area contributed by atoms with Gasteiger partial charge in [-0.05, 0) is 13.8 Å². The van der Waals surface area contributed by atoms with Crippen molar-refractivity contribution in [3.63, 3.8) is 0 Å². The van der Waals surface area contributed by atoms with Gasteiger partial charge in [0.2, 0.25) is 0 Å². The molecule has 0 unspecified atom stereocenters. The second kappa shape index (κ2) is 5.42. The normalized spacial score (nSPS) is 17.8. The first-order chi connectivity index (χ1) is 8.20. The fraction of sp³-hybridized carbons (Fsp3) is 0.667. The number of nitrogens with zero attached hydrogens (tertiary/aromatic N) is 4. The lowest BCUT2D eigenvalue weighted by Gasteiger charge is -2.37. The van der Waals surface area contributed by atoms with Gasteiger partial charge in [0, 0.05) is 38.8 Å². The van der Waals surface area contributed by atoms with Crippen LogP contribution in [0.25, 0.3) is 0 Å². The molecule has 1 aromatic heterocycles. The van der Waals surface area contributed by atoms with Crippen molar-refractivity contribution in [2.24, 2.45) is 5.73 Å². The molecule has 1 aliphatic rings. The van der Waals surface area contributed by atoms with Crippen molar-refractivity contribution in [2.45, 2.75) is 26.4 Å². The molecule has 5 heteroatoms.